The molecule has 144 valence electrons. The molecule has 3 heterocycles. The molecule has 2 aliphatic rings. The standard InChI is InChI=1S/C19H23N3O4S/c1-19(2,3)18-21-15-11-22(9-8-16(15)26-18)27(24,25)13-5-6-14-12(10-13)4-7-17(23)20-14/h5-6,10H,4,7-9,11H2,1-3H3,(H,20,23). The number of aromatic nitrogens is 1. The molecule has 0 saturated heterocycles. The van der Waals surface area contributed by atoms with E-state index in [0.717, 1.165) is 11.3 Å². The lowest BCUT2D eigenvalue weighted by Crippen LogP contribution is -2.36. The van der Waals surface area contributed by atoms with Crippen molar-refractivity contribution in [2.45, 2.75) is 56.9 Å². The summed E-state index contributed by atoms with van der Waals surface area (Å²) in [4.78, 5) is 16.3. The zero-order chi connectivity index (χ0) is 19.4. The number of oxazole rings is 1. The van der Waals surface area contributed by atoms with E-state index in [-0.39, 0.29) is 22.8 Å². The van der Waals surface area contributed by atoms with E-state index < -0.39 is 10.0 Å². The number of aryl methyl sites for hydroxylation is 1. The fourth-order valence-electron chi connectivity index (χ4n) is 3.37. The van der Waals surface area contributed by atoms with Crippen LogP contribution in [0.4, 0.5) is 5.69 Å². The van der Waals surface area contributed by atoms with Crippen molar-refractivity contribution in [3.63, 3.8) is 0 Å². The van der Waals surface area contributed by atoms with Gasteiger partial charge in [-0.1, -0.05) is 20.8 Å². The number of fused-ring (bicyclic) bond motifs is 2. The number of hydrogen-bond acceptors (Lipinski definition) is 5. The summed E-state index contributed by atoms with van der Waals surface area (Å²) >= 11 is 0. The van der Waals surface area contributed by atoms with E-state index in [0.29, 0.717) is 43.1 Å². The molecular formula is C19H23N3O4S. The zero-order valence-electron chi connectivity index (χ0n) is 15.7. The van der Waals surface area contributed by atoms with Crippen molar-refractivity contribution in [1.29, 1.82) is 0 Å². The normalized spacial score (nSPS) is 18.0. The number of anilines is 1. The summed E-state index contributed by atoms with van der Waals surface area (Å²) in [5.41, 5.74) is 2.02. The van der Waals surface area contributed by atoms with Gasteiger partial charge in [-0.05, 0) is 30.2 Å². The first-order valence-corrected chi connectivity index (χ1v) is 10.5. The van der Waals surface area contributed by atoms with Crippen LogP contribution in [-0.4, -0.2) is 30.2 Å². The maximum absolute atomic E-state index is 13.1. The molecule has 1 aromatic heterocycles. The van der Waals surface area contributed by atoms with Gasteiger partial charge in [0, 0.05) is 30.5 Å². The molecule has 1 amide bonds. The van der Waals surface area contributed by atoms with E-state index >= 15 is 0 Å². The molecular weight excluding hydrogens is 366 g/mol. The van der Waals surface area contributed by atoms with Gasteiger partial charge in [0.25, 0.3) is 0 Å². The van der Waals surface area contributed by atoms with Crippen LogP contribution >= 0.6 is 0 Å². The van der Waals surface area contributed by atoms with E-state index in [1.54, 1.807) is 18.2 Å². The van der Waals surface area contributed by atoms with Crippen molar-refractivity contribution >= 4 is 21.6 Å². The van der Waals surface area contributed by atoms with Gasteiger partial charge >= 0.3 is 0 Å². The number of rotatable bonds is 2. The lowest BCUT2D eigenvalue weighted by molar-refractivity contribution is -0.116. The van der Waals surface area contributed by atoms with Crippen molar-refractivity contribution in [2.75, 3.05) is 11.9 Å². The van der Waals surface area contributed by atoms with Crippen LogP contribution in [0.25, 0.3) is 0 Å². The molecule has 27 heavy (non-hydrogen) atoms. The summed E-state index contributed by atoms with van der Waals surface area (Å²) in [5.74, 6) is 1.37. The van der Waals surface area contributed by atoms with Gasteiger partial charge < -0.3 is 9.73 Å². The van der Waals surface area contributed by atoms with Gasteiger partial charge in [-0.25, -0.2) is 13.4 Å². The molecule has 4 rings (SSSR count). The molecule has 1 N–H and O–H groups in total. The minimum Gasteiger partial charge on any atom is -0.445 e. The van der Waals surface area contributed by atoms with E-state index in [4.69, 9.17) is 4.42 Å². The molecule has 0 spiro atoms. The van der Waals surface area contributed by atoms with E-state index in [2.05, 4.69) is 10.3 Å². The number of nitrogens with zero attached hydrogens (tertiary/aromatic N) is 2. The van der Waals surface area contributed by atoms with Gasteiger partial charge in [0.1, 0.15) is 5.76 Å². The van der Waals surface area contributed by atoms with Crippen LogP contribution < -0.4 is 5.32 Å². The summed E-state index contributed by atoms with van der Waals surface area (Å²) in [5, 5.41) is 2.78. The fraction of sp³-hybridized carbons (Fsp3) is 0.474. The SMILES string of the molecule is CC(C)(C)c1nc2c(o1)CCN(S(=O)(=O)c1ccc3c(c1)CCC(=O)N3)C2. The Hall–Kier alpha value is -2.19. The van der Waals surface area contributed by atoms with Crippen molar-refractivity contribution in [3.8, 4) is 0 Å². The lowest BCUT2D eigenvalue weighted by Gasteiger charge is -2.25. The molecule has 1 aromatic carbocycles. The molecule has 7 nitrogen and oxygen atoms in total. The Balaban J connectivity index is 1.62. The first-order chi connectivity index (χ1) is 12.6. The molecule has 0 atom stereocenters. The van der Waals surface area contributed by atoms with E-state index in [9.17, 15) is 13.2 Å². The number of carbonyl (C=O) groups excluding carboxylic acids is 1. The smallest absolute Gasteiger partial charge is 0.243 e. The van der Waals surface area contributed by atoms with Crippen LogP contribution in [0.5, 0.6) is 0 Å². The van der Waals surface area contributed by atoms with E-state index in [1.807, 2.05) is 20.8 Å². The predicted molar refractivity (Wildman–Crippen MR) is 99.9 cm³/mol. The maximum atomic E-state index is 13.1. The van der Waals surface area contributed by atoms with Crippen LogP contribution in [0.3, 0.4) is 0 Å². The third-order valence-electron chi connectivity index (χ3n) is 4.94. The Morgan fingerprint density at radius 3 is 2.70 bits per heavy atom. The minimum atomic E-state index is -3.64. The van der Waals surface area contributed by atoms with Crippen molar-refractivity contribution in [2.24, 2.45) is 0 Å². The van der Waals surface area contributed by atoms with Crippen LogP contribution in [0.15, 0.2) is 27.5 Å². The second-order valence-electron chi connectivity index (χ2n) is 8.09. The number of benzene rings is 1. The monoisotopic (exact) mass is 389 g/mol. The lowest BCUT2D eigenvalue weighted by atomic mass is 9.97. The summed E-state index contributed by atoms with van der Waals surface area (Å²) in [6.07, 6.45) is 1.43. The topological polar surface area (TPSA) is 92.5 Å². The zero-order valence-corrected chi connectivity index (χ0v) is 16.5. The third-order valence-corrected chi connectivity index (χ3v) is 6.79. The second-order valence-corrected chi connectivity index (χ2v) is 10.0. The highest BCUT2D eigenvalue weighted by Gasteiger charge is 2.33. The molecule has 8 heteroatoms. The van der Waals surface area contributed by atoms with Gasteiger partial charge in [-0.3, -0.25) is 4.79 Å². The molecule has 0 aliphatic carbocycles. The molecule has 0 bridgehead atoms. The maximum Gasteiger partial charge on any atom is 0.243 e. The van der Waals surface area contributed by atoms with Gasteiger partial charge in [0.05, 0.1) is 17.1 Å². The quantitative estimate of drug-likeness (QED) is 0.852. The summed E-state index contributed by atoms with van der Waals surface area (Å²) < 4.78 is 33.6. The number of hydrogen-bond donors (Lipinski definition) is 1. The summed E-state index contributed by atoms with van der Waals surface area (Å²) in [7, 11) is -3.64. The summed E-state index contributed by atoms with van der Waals surface area (Å²) in [6, 6.07) is 4.89. The summed E-state index contributed by atoms with van der Waals surface area (Å²) in [6.45, 7) is 6.63. The number of amides is 1. The van der Waals surface area contributed by atoms with Crippen LogP contribution in [0, 0.1) is 0 Å². The minimum absolute atomic E-state index is 0.0395. The van der Waals surface area contributed by atoms with Crippen molar-refractivity contribution < 1.29 is 17.6 Å². The average molecular weight is 389 g/mol. The third kappa shape index (κ3) is 3.27. The molecule has 0 fully saturated rings. The molecule has 2 aliphatic heterocycles. The van der Waals surface area contributed by atoms with Gasteiger partial charge in [0.2, 0.25) is 15.9 Å². The largest absolute Gasteiger partial charge is 0.445 e. The van der Waals surface area contributed by atoms with Crippen LogP contribution in [0.1, 0.15) is 50.1 Å². The number of carbonyl (C=O) groups is 1. The molecule has 0 radical (unpaired) electrons. The predicted octanol–water partition coefficient (Wildman–Crippen LogP) is 2.60. The Kier molecular flexibility index (Phi) is 4.16. The highest BCUT2D eigenvalue weighted by atomic mass is 32.2. The Labute approximate surface area is 158 Å². The molecule has 0 saturated carbocycles. The van der Waals surface area contributed by atoms with Crippen LogP contribution in [0.2, 0.25) is 0 Å². The van der Waals surface area contributed by atoms with Crippen molar-refractivity contribution in [3.05, 3.63) is 41.1 Å². The Bertz CT molecular complexity index is 1020. The average Bonchev–Trinajstić information content (AvgIpc) is 3.05. The van der Waals surface area contributed by atoms with Gasteiger partial charge in [0.15, 0.2) is 5.89 Å². The van der Waals surface area contributed by atoms with E-state index in [1.165, 1.54) is 4.31 Å². The fourth-order valence-corrected chi connectivity index (χ4v) is 4.82. The second kappa shape index (κ2) is 6.17. The Morgan fingerprint density at radius 1 is 1.19 bits per heavy atom. The number of nitrogens with one attached hydrogen (secondary N) is 1. The highest BCUT2D eigenvalue weighted by Crippen LogP contribution is 2.31. The molecule has 2 aromatic rings. The highest BCUT2D eigenvalue weighted by molar-refractivity contribution is 7.89. The molecule has 0 unspecified atom stereocenters. The van der Waals surface area contributed by atoms with Gasteiger partial charge in [-0.15, -0.1) is 0 Å². The van der Waals surface area contributed by atoms with Crippen molar-refractivity contribution in [1.82, 2.24) is 9.29 Å². The number of sulfonamides is 1. The van der Waals surface area contributed by atoms with Crippen LogP contribution in [-0.2, 0) is 39.6 Å². The first-order valence-electron chi connectivity index (χ1n) is 9.06. The van der Waals surface area contributed by atoms with Gasteiger partial charge in [-0.2, -0.15) is 4.31 Å². The Morgan fingerprint density at radius 2 is 1.96 bits per heavy atom. The first kappa shape index (κ1) is 18.2.